The van der Waals surface area contributed by atoms with Gasteiger partial charge in [0, 0.05) is 18.0 Å². The summed E-state index contributed by atoms with van der Waals surface area (Å²) in [4.78, 5) is 25.5. The average Bonchev–Trinajstić information content (AvgIpc) is 3.42. The van der Waals surface area contributed by atoms with Gasteiger partial charge >= 0.3 is 5.97 Å². The van der Waals surface area contributed by atoms with Gasteiger partial charge in [-0.25, -0.2) is 10.2 Å². The van der Waals surface area contributed by atoms with E-state index < -0.39 is 5.97 Å². The Morgan fingerprint density at radius 2 is 1.47 bits per heavy atom. The summed E-state index contributed by atoms with van der Waals surface area (Å²) in [5.41, 5.74) is 5.30. The van der Waals surface area contributed by atoms with Crippen molar-refractivity contribution in [1.29, 1.82) is 0 Å². The van der Waals surface area contributed by atoms with Gasteiger partial charge in [0.1, 0.15) is 11.5 Å². The second-order valence-electron chi connectivity index (χ2n) is 7.36. The largest absolute Gasteiger partial charge is 0.497 e. The molecule has 1 heterocycles. The van der Waals surface area contributed by atoms with Crippen LogP contribution in [0.2, 0.25) is 0 Å². The topological polar surface area (TPSA) is 81.9 Å². The highest BCUT2D eigenvalue weighted by atomic mass is 16.5. The quantitative estimate of drug-likeness (QED) is 0.188. The van der Waals surface area contributed by atoms with E-state index in [-0.39, 0.29) is 5.91 Å². The van der Waals surface area contributed by atoms with E-state index in [2.05, 4.69) is 10.5 Å². The summed E-state index contributed by atoms with van der Waals surface area (Å²) >= 11 is 0. The van der Waals surface area contributed by atoms with Gasteiger partial charge in [-0.3, -0.25) is 4.79 Å². The molecular weight excluding hydrogens is 430 g/mol. The summed E-state index contributed by atoms with van der Waals surface area (Å²) in [7, 11) is 1.56. The number of hydrazone groups is 1. The zero-order valence-electron chi connectivity index (χ0n) is 18.8. The van der Waals surface area contributed by atoms with E-state index in [1.165, 1.54) is 0 Å². The van der Waals surface area contributed by atoms with Crippen LogP contribution in [0.5, 0.6) is 11.5 Å². The number of nitrogens with one attached hydrogen (secondary N) is 1. The van der Waals surface area contributed by atoms with E-state index >= 15 is 0 Å². The van der Waals surface area contributed by atoms with Crippen molar-refractivity contribution >= 4 is 17.6 Å². The fourth-order valence-corrected chi connectivity index (χ4v) is 3.38. The van der Waals surface area contributed by atoms with Crippen molar-refractivity contribution < 1.29 is 19.1 Å². The highest BCUT2D eigenvalue weighted by molar-refractivity contribution is 6.04. The maximum atomic E-state index is 12.9. The molecule has 170 valence electrons. The Bertz CT molecular complexity index is 1330. The first-order valence-corrected chi connectivity index (χ1v) is 10.6. The van der Waals surface area contributed by atoms with Crippen LogP contribution in [-0.4, -0.2) is 29.3 Å². The van der Waals surface area contributed by atoms with Crippen molar-refractivity contribution in [2.24, 2.45) is 5.10 Å². The van der Waals surface area contributed by atoms with Crippen LogP contribution in [0.1, 0.15) is 33.2 Å². The molecule has 0 aliphatic rings. The van der Waals surface area contributed by atoms with E-state index in [1.807, 2.05) is 47.3 Å². The fraction of sp³-hybridized carbons (Fsp3) is 0.0741. The first-order valence-electron chi connectivity index (χ1n) is 10.6. The maximum absolute atomic E-state index is 12.9. The first kappa shape index (κ1) is 22.5. The average molecular weight is 453 g/mol. The predicted molar refractivity (Wildman–Crippen MR) is 130 cm³/mol. The Labute approximate surface area is 197 Å². The molecule has 0 radical (unpaired) electrons. The summed E-state index contributed by atoms with van der Waals surface area (Å²) in [5, 5.41) is 4.26. The van der Waals surface area contributed by atoms with Crippen LogP contribution in [0.15, 0.2) is 102 Å². The van der Waals surface area contributed by atoms with Gasteiger partial charge in [-0.2, -0.15) is 5.10 Å². The third-order valence-corrected chi connectivity index (χ3v) is 5.16. The normalized spacial score (nSPS) is 11.1. The SMILES string of the molecule is COc1ccc(C(=O)Oc2ccccc2/C(C)=N/NC(=O)c2ccccc2-n2cccc2)cc1. The molecule has 1 amide bonds. The van der Waals surface area contributed by atoms with Gasteiger partial charge in [-0.15, -0.1) is 0 Å². The van der Waals surface area contributed by atoms with Gasteiger partial charge in [0.05, 0.1) is 29.6 Å². The lowest BCUT2D eigenvalue weighted by Crippen LogP contribution is -2.21. The summed E-state index contributed by atoms with van der Waals surface area (Å²) in [6.07, 6.45) is 3.74. The lowest BCUT2D eigenvalue weighted by molar-refractivity contribution is 0.0734. The van der Waals surface area contributed by atoms with Crippen LogP contribution in [-0.2, 0) is 0 Å². The van der Waals surface area contributed by atoms with Crippen LogP contribution in [0.3, 0.4) is 0 Å². The summed E-state index contributed by atoms with van der Waals surface area (Å²) in [5.74, 6) is 0.129. The van der Waals surface area contributed by atoms with Gasteiger partial charge < -0.3 is 14.0 Å². The molecule has 0 spiro atoms. The number of hydrogen-bond acceptors (Lipinski definition) is 5. The highest BCUT2D eigenvalue weighted by Gasteiger charge is 2.15. The first-order chi connectivity index (χ1) is 16.6. The van der Waals surface area contributed by atoms with Crippen LogP contribution in [0.4, 0.5) is 0 Å². The van der Waals surface area contributed by atoms with Crippen molar-refractivity contribution in [2.45, 2.75) is 6.92 Å². The monoisotopic (exact) mass is 453 g/mol. The minimum absolute atomic E-state index is 0.339. The Morgan fingerprint density at radius 1 is 0.824 bits per heavy atom. The van der Waals surface area contributed by atoms with Crippen LogP contribution >= 0.6 is 0 Å². The van der Waals surface area contributed by atoms with Crippen molar-refractivity contribution in [1.82, 2.24) is 9.99 Å². The fourth-order valence-electron chi connectivity index (χ4n) is 3.38. The van der Waals surface area contributed by atoms with Crippen molar-refractivity contribution in [3.05, 3.63) is 114 Å². The smallest absolute Gasteiger partial charge is 0.343 e. The van der Waals surface area contributed by atoms with Gasteiger partial charge in [0.2, 0.25) is 0 Å². The third kappa shape index (κ3) is 5.05. The van der Waals surface area contributed by atoms with Crippen molar-refractivity contribution in [3.8, 4) is 17.2 Å². The zero-order valence-corrected chi connectivity index (χ0v) is 18.8. The summed E-state index contributed by atoms with van der Waals surface area (Å²) in [6, 6.07) is 24.7. The van der Waals surface area contributed by atoms with E-state index in [4.69, 9.17) is 9.47 Å². The number of ether oxygens (including phenoxy) is 2. The van der Waals surface area contributed by atoms with Crippen molar-refractivity contribution in [3.63, 3.8) is 0 Å². The van der Waals surface area contributed by atoms with Gasteiger partial charge in [0.15, 0.2) is 0 Å². The molecule has 0 aliphatic heterocycles. The summed E-state index contributed by atoms with van der Waals surface area (Å²) < 4.78 is 12.6. The molecule has 0 saturated carbocycles. The zero-order chi connectivity index (χ0) is 23.9. The van der Waals surface area contributed by atoms with Crippen LogP contribution in [0, 0.1) is 0 Å². The maximum Gasteiger partial charge on any atom is 0.343 e. The highest BCUT2D eigenvalue weighted by Crippen LogP contribution is 2.21. The molecule has 0 aliphatic carbocycles. The Morgan fingerprint density at radius 3 is 2.18 bits per heavy atom. The van der Waals surface area contributed by atoms with E-state index in [0.29, 0.717) is 33.9 Å². The minimum atomic E-state index is -0.507. The number of rotatable bonds is 7. The van der Waals surface area contributed by atoms with Gasteiger partial charge in [-0.1, -0.05) is 24.3 Å². The molecule has 0 saturated heterocycles. The number of carbonyl (C=O) groups excluding carboxylic acids is 2. The number of methoxy groups -OCH3 is 1. The predicted octanol–water partition coefficient (Wildman–Crippen LogP) is 4.86. The lowest BCUT2D eigenvalue weighted by Gasteiger charge is -2.11. The number of para-hydroxylation sites is 2. The lowest BCUT2D eigenvalue weighted by atomic mass is 10.1. The second-order valence-corrected chi connectivity index (χ2v) is 7.36. The molecule has 7 heteroatoms. The van der Waals surface area contributed by atoms with Crippen LogP contribution < -0.4 is 14.9 Å². The molecule has 1 aromatic heterocycles. The molecule has 7 nitrogen and oxygen atoms in total. The molecule has 1 N–H and O–H groups in total. The number of carbonyl (C=O) groups is 2. The summed E-state index contributed by atoms with van der Waals surface area (Å²) in [6.45, 7) is 1.73. The van der Waals surface area contributed by atoms with Gasteiger partial charge in [0.25, 0.3) is 5.91 Å². The standard InChI is InChI=1S/C27H23N3O4/c1-19(28-29-26(31)23-10-3-5-11-24(23)30-17-7-8-18-30)22-9-4-6-12-25(22)34-27(32)20-13-15-21(33-2)16-14-20/h3-18H,1-2H3,(H,29,31)/b28-19+. The molecule has 0 unspecified atom stereocenters. The molecule has 0 atom stereocenters. The number of hydrogen-bond donors (Lipinski definition) is 1. The minimum Gasteiger partial charge on any atom is -0.497 e. The third-order valence-electron chi connectivity index (χ3n) is 5.16. The van der Waals surface area contributed by atoms with Gasteiger partial charge in [-0.05, 0) is 67.6 Å². The number of nitrogens with zero attached hydrogens (tertiary/aromatic N) is 2. The van der Waals surface area contributed by atoms with Crippen molar-refractivity contribution in [2.75, 3.05) is 7.11 Å². The van der Waals surface area contributed by atoms with E-state index in [0.717, 1.165) is 5.69 Å². The van der Waals surface area contributed by atoms with Crippen LogP contribution in [0.25, 0.3) is 5.69 Å². The molecule has 0 bridgehead atoms. The molecule has 3 aromatic carbocycles. The Kier molecular flexibility index (Phi) is 6.84. The molecule has 4 aromatic rings. The molecule has 0 fully saturated rings. The van der Waals surface area contributed by atoms with E-state index in [9.17, 15) is 9.59 Å². The molecule has 34 heavy (non-hydrogen) atoms. The molecular formula is C27H23N3O4. The number of benzene rings is 3. The Hall–Kier alpha value is -4.65. The number of aromatic nitrogens is 1. The number of amides is 1. The number of esters is 1. The second kappa shape index (κ2) is 10.3. The molecule has 4 rings (SSSR count). The Balaban J connectivity index is 1.52. The van der Waals surface area contributed by atoms with E-state index in [1.54, 1.807) is 68.6 Å².